The summed E-state index contributed by atoms with van der Waals surface area (Å²) in [6.07, 6.45) is 3.23. The number of aliphatic imine (C=N–C) groups is 1. The van der Waals surface area contributed by atoms with Crippen LogP contribution in [0.15, 0.2) is 58.4 Å². The standard InChI is InChI=1S/C22H25ClN2O5S/c23-17-10-12-18(13-11-17)29-15-6-16-30-21(26)9-2-1-5-14-24-22-19-7-3-4-8-20(19)31(27,28)25-22/h3-4,7-8,10-13H,1-2,5-6,9,14-16H2,(H,24,25). The summed E-state index contributed by atoms with van der Waals surface area (Å²) in [7, 11) is -3.50. The van der Waals surface area contributed by atoms with Gasteiger partial charge in [0.05, 0.1) is 18.1 Å². The minimum absolute atomic E-state index is 0.227. The van der Waals surface area contributed by atoms with Gasteiger partial charge in [0.15, 0.2) is 0 Å². The number of esters is 1. The lowest BCUT2D eigenvalue weighted by molar-refractivity contribution is -0.144. The molecule has 7 nitrogen and oxygen atoms in total. The lowest BCUT2D eigenvalue weighted by atomic mass is 10.2. The lowest BCUT2D eigenvalue weighted by Crippen LogP contribution is -2.22. The van der Waals surface area contributed by atoms with Gasteiger partial charge in [0.2, 0.25) is 0 Å². The highest BCUT2D eigenvalue weighted by Crippen LogP contribution is 2.22. The Morgan fingerprint density at radius 1 is 0.968 bits per heavy atom. The average molecular weight is 465 g/mol. The molecule has 0 aromatic heterocycles. The summed E-state index contributed by atoms with van der Waals surface area (Å²) in [5, 5.41) is 0.655. The maximum absolute atomic E-state index is 12.0. The molecule has 1 aliphatic rings. The van der Waals surface area contributed by atoms with Crippen LogP contribution in [-0.4, -0.2) is 40.0 Å². The van der Waals surface area contributed by atoms with E-state index in [4.69, 9.17) is 21.1 Å². The monoisotopic (exact) mass is 464 g/mol. The zero-order valence-electron chi connectivity index (χ0n) is 17.1. The van der Waals surface area contributed by atoms with Crippen molar-refractivity contribution in [2.45, 2.75) is 37.0 Å². The van der Waals surface area contributed by atoms with Crippen molar-refractivity contribution in [1.82, 2.24) is 4.72 Å². The van der Waals surface area contributed by atoms with Crippen molar-refractivity contribution in [1.29, 1.82) is 0 Å². The topological polar surface area (TPSA) is 94.1 Å². The molecule has 0 saturated carbocycles. The van der Waals surface area contributed by atoms with Gasteiger partial charge in [0, 0.05) is 30.0 Å². The Balaban J connectivity index is 1.25. The molecule has 0 radical (unpaired) electrons. The number of hydrogen-bond acceptors (Lipinski definition) is 6. The Morgan fingerprint density at radius 2 is 1.74 bits per heavy atom. The molecule has 2 aromatic carbocycles. The molecule has 9 heteroatoms. The molecule has 0 spiro atoms. The molecule has 0 fully saturated rings. The summed E-state index contributed by atoms with van der Waals surface area (Å²) < 4.78 is 37.3. The first-order valence-corrected chi connectivity index (χ1v) is 12.0. The molecule has 0 unspecified atom stereocenters. The van der Waals surface area contributed by atoms with Crippen LogP contribution in [0.4, 0.5) is 0 Å². The van der Waals surface area contributed by atoms with E-state index in [0.717, 1.165) is 18.6 Å². The summed E-state index contributed by atoms with van der Waals surface area (Å²) in [5.74, 6) is 0.888. The summed E-state index contributed by atoms with van der Waals surface area (Å²) >= 11 is 5.81. The van der Waals surface area contributed by atoms with Crippen LogP contribution in [0, 0.1) is 0 Å². The first-order valence-electron chi connectivity index (χ1n) is 10.2. The van der Waals surface area contributed by atoms with Crippen molar-refractivity contribution in [3.8, 4) is 5.75 Å². The predicted molar refractivity (Wildman–Crippen MR) is 119 cm³/mol. The predicted octanol–water partition coefficient (Wildman–Crippen LogP) is 3.95. The number of halogens is 1. The molecular weight excluding hydrogens is 440 g/mol. The van der Waals surface area contributed by atoms with Gasteiger partial charge < -0.3 is 9.47 Å². The number of carbonyl (C=O) groups is 1. The largest absolute Gasteiger partial charge is 0.493 e. The molecule has 0 amide bonds. The number of rotatable bonds is 11. The molecule has 2 aromatic rings. The maximum atomic E-state index is 12.0. The molecule has 0 bridgehead atoms. The van der Waals surface area contributed by atoms with Crippen LogP contribution >= 0.6 is 11.6 Å². The van der Waals surface area contributed by atoms with Crippen molar-refractivity contribution >= 4 is 33.4 Å². The molecule has 0 saturated heterocycles. The van der Waals surface area contributed by atoms with Crippen LogP contribution < -0.4 is 9.46 Å². The minimum atomic E-state index is -3.50. The quantitative estimate of drug-likeness (QED) is 0.401. The van der Waals surface area contributed by atoms with Crippen molar-refractivity contribution in [3.05, 3.63) is 59.1 Å². The second-order valence-corrected chi connectivity index (χ2v) is 9.11. The first-order chi connectivity index (χ1) is 15.0. The van der Waals surface area contributed by atoms with Crippen molar-refractivity contribution in [2.75, 3.05) is 19.8 Å². The lowest BCUT2D eigenvalue weighted by Gasteiger charge is -2.07. The van der Waals surface area contributed by atoms with Crippen LogP contribution in [0.25, 0.3) is 0 Å². The van der Waals surface area contributed by atoms with E-state index in [9.17, 15) is 13.2 Å². The molecule has 0 atom stereocenters. The smallest absolute Gasteiger partial charge is 0.305 e. The molecule has 166 valence electrons. The number of unbranched alkanes of at least 4 members (excludes halogenated alkanes) is 2. The third-order valence-electron chi connectivity index (χ3n) is 4.61. The molecule has 1 N–H and O–H groups in total. The van der Waals surface area contributed by atoms with Crippen LogP contribution in [0.5, 0.6) is 5.75 Å². The molecule has 1 heterocycles. The highest BCUT2D eigenvalue weighted by Gasteiger charge is 2.29. The Morgan fingerprint density at radius 3 is 2.55 bits per heavy atom. The van der Waals surface area contributed by atoms with Crippen molar-refractivity contribution in [2.24, 2.45) is 4.99 Å². The van der Waals surface area contributed by atoms with E-state index in [1.54, 1.807) is 48.5 Å². The fourth-order valence-corrected chi connectivity index (χ4v) is 4.41. The third-order valence-corrected chi connectivity index (χ3v) is 6.25. The van der Waals surface area contributed by atoms with E-state index < -0.39 is 10.0 Å². The average Bonchev–Trinajstić information content (AvgIpc) is 3.02. The van der Waals surface area contributed by atoms with E-state index in [-0.39, 0.29) is 10.9 Å². The van der Waals surface area contributed by atoms with Crippen LogP contribution in [0.1, 0.15) is 37.7 Å². The van der Waals surface area contributed by atoms with E-state index in [2.05, 4.69) is 9.71 Å². The van der Waals surface area contributed by atoms with E-state index in [1.807, 2.05) is 0 Å². The van der Waals surface area contributed by atoms with Gasteiger partial charge in [-0.05, 0) is 49.2 Å². The fraction of sp³-hybridized carbons (Fsp3) is 0.364. The van der Waals surface area contributed by atoms with E-state index >= 15 is 0 Å². The summed E-state index contributed by atoms with van der Waals surface area (Å²) in [6.45, 7) is 1.27. The molecule has 0 aliphatic carbocycles. The fourth-order valence-electron chi connectivity index (χ4n) is 3.04. The molecule has 3 rings (SSSR count). The van der Waals surface area contributed by atoms with Gasteiger partial charge in [-0.25, -0.2) is 8.42 Å². The van der Waals surface area contributed by atoms with Gasteiger partial charge in [-0.15, -0.1) is 0 Å². The van der Waals surface area contributed by atoms with Gasteiger partial charge in [-0.1, -0.05) is 30.2 Å². The highest BCUT2D eigenvalue weighted by molar-refractivity contribution is 7.90. The van der Waals surface area contributed by atoms with Gasteiger partial charge in [-0.2, -0.15) is 0 Å². The number of carbonyl (C=O) groups excluding carboxylic acids is 1. The number of fused-ring (bicyclic) bond motifs is 1. The third kappa shape index (κ3) is 6.97. The Bertz CT molecular complexity index is 1020. The highest BCUT2D eigenvalue weighted by atomic mass is 35.5. The number of benzene rings is 2. The van der Waals surface area contributed by atoms with Crippen LogP contribution in [0.3, 0.4) is 0 Å². The summed E-state index contributed by atoms with van der Waals surface area (Å²) in [5.41, 5.74) is 0.603. The Hall–Kier alpha value is -2.58. The van der Waals surface area contributed by atoms with Gasteiger partial charge >= 0.3 is 5.97 Å². The second kappa shape index (κ2) is 11.2. The van der Waals surface area contributed by atoms with Crippen LogP contribution in [0.2, 0.25) is 5.02 Å². The summed E-state index contributed by atoms with van der Waals surface area (Å²) in [6, 6.07) is 13.9. The van der Waals surface area contributed by atoms with Gasteiger partial charge in [0.25, 0.3) is 10.0 Å². The number of nitrogens with zero attached hydrogens (tertiary/aromatic N) is 1. The minimum Gasteiger partial charge on any atom is -0.493 e. The van der Waals surface area contributed by atoms with Crippen molar-refractivity contribution in [3.63, 3.8) is 0 Å². The number of amidine groups is 1. The van der Waals surface area contributed by atoms with Gasteiger partial charge in [-0.3, -0.25) is 14.5 Å². The Kier molecular flexibility index (Phi) is 8.31. The van der Waals surface area contributed by atoms with E-state index in [0.29, 0.717) is 55.4 Å². The number of hydrogen-bond donors (Lipinski definition) is 1. The molecular formula is C22H25ClN2O5S. The zero-order chi connectivity index (χ0) is 22.1. The first kappa shape index (κ1) is 23.1. The molecule has 1 aliphatic heterocycles. The molecule has 31 heavy (non-hydrogen) atoms. The zero-order valence-corrected chi connectivity index (χ0v) is 18.6. The van der Waals surface area contributed by atoms with Crippen LogP contribution in [-0.2, 0) is 19.6 Å². The van der Waals surface area contributed by atoms with Gasteiger partial charge in [0.1, 0.15) is 11.6 Å². The second-order valence-electron chi connectivity index (χ2n) is 7.02. The van der Waals surface area contributed by atoms with E-state index in [1.165, 1.54) is 0 Å². The van der Waals surface area contributed by atoms with Crippen molar-refractivity contribution < 1.29 is 22.7 Å². The Labute approximate surface area is 187 Å². The summed E-state index contributed by atoms with van der Waals surface area (Å²) in [4.78, 5) is 16.4. The number of ether oxygens (including phenoxy) is 2. The number of sulfonamides is 1. The SMILES string of the molecule is O=C(CCCCCN=C1NS(=O)(=O)c2ccccc21)OCCCOc1ccc(Cl)cc1. The number of nitrogens with one attached hydrogen (secondary N) is 1. The normalized spacial score (nSPS) is 15.3. The maximum Gasteiger partial charge on any atom is 0.305 e.